The highest BCUT2D eigenvalue weighted by molar-refractivity contribution is 5.26. The van der Waals surface area contributed by atoms with Crippen molar-refractivity contribution in [3.05, 3.63) is 71.3 Å². The van der Waals surface area contributed by atoms with Crippen LogP contribution >= 0.6 is 0 Å². The Morgan fingerprint density at radius 1 is 0.413 bits per heavy atom. The van der Waals surface area contributed by atoms with Crippen LogP contribution in [0.5, 0.6) is 0 Å². The monoisotopic (exact) mass is 1050 g/mol. The lowest BCUT2D eigenvalue weighted by Crippen LogP contribution is -2.32. The summed E-state index contributed by atoms with van der Waals surface area (Å²) >= 11 is 0. The second-order valence-corrected chi connectivity index (χ2v) is 32.0. The van der Waals surface area contributed by atoms with Gasteiger partial charge < -0.3 is 9.80 Å². The molecule has 0 amide bonds. The summed E-state index contributed by atoms with van der Waals surface area (Å²) < 4.78 is 0. The molecular weight excluding hydrogens is 905 g/mol. The van der Waals surface area contributed by atoms with Crippen molar-refractivity contribution in [3.63, 3.8) is 0 Å². The largest absolute Gasteiger partial charge is 0.303 e. The Bertz CT molecular complexity index is 1570. The number of aryl methyl sites for hydroxylation is 1. The van der Waals surface area contributed by atoms with Crippen LogP contribution < -0.4 is 0 Å². The molecule has 2 nitrogen and oxygen atoms in total. The minimum Gasteiger partial charge on any atom is -0.303 e. The molecule has 3 atom stereocenters. The van der Waals surface area contributed by atoms with Gasteiger partial charge in [0.1, 0.15) is 0 Å². The summed E-state index contributed by atoms with van der Waals surface area (Å²) in [6.45, 7) is 72.4. The number of piperidine rings is 2. The van der Waals surface area contributed by atoms with Crippen molar-refractivity contribution in [2.45, 2.75) is 302 Å². The molecule has 2 heterocycles. The van der Waals surface area contributed by atoms with Crippen molar-refractivity contribution in [2.24, 2.45) is 55.7 Å². The van der Waals surface area contributed by atoms with Crippen molar-refractivity contribution < 1.29 is 0 Å². The molecule has 0 bridgehead atoms. The summed E-state index contributed by atoms with van der Waals surface area (Å²) in [7, 11) is 0. The van der Waals surface area contributed by atoms with Gasteiger partial charge in [0.2, 0.25) is 0 Å². The van der Waals surface area contributed by atoms with E-state index < -0.39 is 0 Å². The average Bonchev–Trinajstić information content (AvgIpc) is 3.32. The zero-order valence-electron chi connectivity index (χ0n) is 56.8. The normalized spacial score (nSPS) is 17.7. The first-order valence-electron chi connectivity index (χ1n) is 31.7. The number of hydrogen-bond donors (Lipinski definition) is 0. The molecule has 75 heavy (non-hydrogen) atoms. The molecule has 0 N–H and O–H groups in total. The van der Waals surface area contributed by atoms with Gasteiger partial charge in [0.25, 0.3) is 0 Å². The van der Waals surface area contributed by atoms with Gasteiger partial charge in [0.15, 0.2) is 0 Å². The van der Waals surface area contributed by atoms with Gasteiger partial charge >= 0.3 is 0 Å². The van der Waals surface area contributed by atoms with E-state index in [1.54, 1.807) is 0 Å². The second kappa shape index (κ2) is 36.6. The van der Waals surface area contributed by atoms with Gasteiger partial charge in [-0.15, -0.1) is 0 Å². The highest BCUT2D eigenvalue weighted by Crippen LogP contribution is 2.38. The van der Waals surface area contributed by atoms with Gasteiger partial charge in [-0.3, -0.25) is 0 Å². The molecule has 5 rings (SSSR count). The average molecular weight is 1050 g/mol. The zero-order chi connectivity index (χ0) is 58.5. The summed E-state index contributed by atoms with van der Waals surface area (Å²) in [6.07, 6.45) is 21.1. The van der Waals surface area contributed by atoms with Crippen LogP contribution in [-0.2, 0) is 6.42 Å². The van der Waals surface area contributed by atoms with Crippen LogP contribution in [0.25, 0.3) is 0 Å². The number of rotatable bonds is 8. The molecule has 0 radical (unpaired) electrons. The maximum Gasteiger partial charge on any atom is -0.00138 e. The highest BCUT2D eigenvalue weighted by Gasteiger charge is 2.26. The van der Waals surface area contributed by atoms with Gasteiger partial charge in [0, 0.05) is 0 Å². The van der Waals surface area contributed by atoms with E-state index >= 15 is 0 Å². The van der Waals surface area contributed by atoms with Crippen molar-refractivity contribution in [1.82, 2.24) is 9.80 Å². The lowest BCUT2D eigenvalue weighted by Gasteiger charge is -2.33. The molecule has 2 aromatic rings. The lowest BCUT2D eigenvalue weighted by atomic mass is 9.72. The van der Waals surface area contributed by atoms with E-state index in [-0.39, 0.29) is 0 Å². The van der Waals surface area contributed by atoms with Gasteiger partial charge in [-0.05, 0) is 181 Å². The Hall–Kier alpha value is -1.64. The fourth-order valence-corrected chi connectivity index (χ4v) is 8.72. The summed E-state index contributed by atoms with van der Waals surface area (Å²) in [6, 6.07) is 19.7. The van der Waals surface area contributed by atoms with Crippen molar-refractivity contribution in [1.29, 1.82) is 0 Å². The number of hydrogen-bond acceptors (Lipinski definition) is 2. The fraction of sp³-hybridized carbons (Fsp3) is 0.836. The van der Waals surface area contributed by atoms with E-state index in [1.807, 2.05) is 0 Å². The van der Waals surface area contributed by atoms with Crippen molar-refractivity contribution >= 4 is 0 Å². The van der Waals surface area contributed by atoms with E-state index in [0.717, 1.165) is 24.2 Å². The van der Waals surface area contributed by atoms with Crippen LogP contribution in [0.15, 0.2) is 54.6 Å². The zero-order valence-corrected chi connectivity index (χ0v) is 56.8. The van der Waals surface area contributed by atoms with Gasteiger partial charge in [-0.2, -0.15) is 0 Å². The molecule has 0 spiro atoms. The predicted octanol–water partition coefficient (Wildman–Crippen LogP) is 23.4. The number of nitrogens with zero attached hydrogens (tertiary/aromatic N) is 2. The molecule has 2 aliphatic heterocycles. The Labute approximate surface area is 475 Å². The fourth-order valence-electron chi connectivity index (χ4n) is 8.72. The topological polar surface area (TPSA) is 6.48 Å². The SMILES string of the molecule is CC(C)(C)C1CCCCC1.CC(C)(C)CCN1CCCCC1.CC(C)(C)CCN1CCCCC1.CC(C)C(C)(C)C.CC(c1ccccc1)C(C)(C)C.CCC(C)C(C)(C)C.CCc1ccc(C(C)C(C)(C)C)cc1. The van der Waals surface area contributed by atoms with Crippen molar-refractivity contribution in [3.8, 4) is 0 Å². The minimum absolute atomic E-state index is 0.355. The van der Waals surface area contributed by atoms with Gasteiger partial charge in [-0.25, -0.2) is 0 Å². The third kappa shape index (κ3) is 40.2. The quantitative estimate of drug-likeness (QED) is 0.260. The van der Waals surface area contributed by atoms with Crippen LogP contribution in [0.3, 0.4) is 0 Å². The van der Waals surface area contributed by atoms with E-state index in [2.05, 4.69) is 258 Å². The molecule has 2 saturated heterocycles. The molecule has 3 aliphatic rings. The Morgan fingerprint density at radius 3 is 0.987 bits per heavy atom. The van der Waals surface area contributed by atoms with Gasteiger partial charge in [-0.1, -0.05) is 287 Å². The summed E-state index contributed by atoms with van der Waals surface area (Å²) in [4.78, 5) is 5.24. The smallest absolute Gasteiger partial charge is 0.00138 e. The first kappa shape index (κ1) is 75.4. The molecule has 0 aromatic heterocycles. The highest BCUT2D eigenvalue weighted by atomic mass is 15.1. The Morgan fingerprint density at radius 2 is 0.747 bits per heavy atom. The van der Waals surface area contributed by atoms with Crippen LogP contribution in [0.1, 0.15) is 312 Å². The number of likely N-dealkylation sites (tertiary alicyclic amines) is 2. The molecule has 1 saturated carbocycles. The van der Waals surface area contributed by atoms with E-state index in [9.17, 15) is 0 Å². The standard InChI is InChI=1S/C14H22.C12H18.2C11H23N.C10H20.C8H18.C7H16/c1-6-12-7-9-13(10-8-12)11(2)14(3,4)5;1-10(12(2,3)4)11-8-6-5-7-9-11;2*1-11(2,3)7-10-12-8-5-4-6-9-12;1-10(2,3)9-7-5-4-6-8-9;1-6-7(2)8(3,4)5;1-6(2)7(3,4)5/h7-11H,6H2,1-5H3;5-10H,1-4H3;2*4-10H2,1-3H3;9H,4-8H2,1-3H3;7H,6H2,1-5H3;6H,1-5H3. The first-order valence-corrected chi connectivity index (χ1v) is 31.7. The molecule has 3 unspecified atom stereocenters. The molecule has 2 aromatic carbocycles. The Balaban J connectivity index is 0. The van der Waals surface area contributed by atoms with Crippen LogP contribution in [0.4, 0.5) is 0 Å². The van der Waals surface area contributed by atoms with Crippen LogP contribution in [-0.4, -0.2) is 49.1 Å². The first-order chi connectivity index (χ1) is 34.2. The van der Waals surface area contributed by atoms with Crippen molar-refractivity contribution in [2.75, 3.05) is 39.3 Å². The molecule has 2 heteroatoms. The summed E-state index contributed by atoms with van der Waals surface area (Å²) in [5.41, 5.74) is 7.63. The van der Waals surface area contributed by atoms with E-state index in [1.165, 1.54) is 146 Å². The second-order valence-electron chi connectivity index (χ2n) is 32.0. The maximum atomic E-state index is 2.62. The lowest BCUT2D eigenvalue weighted by molar-refractivity contribution is 0.180. The molecule has 3 fully saturated rings. The van der Waals surface area contributed by atoms with Gasteiger partial charge in [0.05, 0.1) is 0 Å². The number of benzene rings is 2. The van der Waals surface area contributed by atoms with Crippen LogP contribution in [0.2, 0.25) is 0 Å². The summed E-state index contributed by atoms with van der Waals surface area (Å²) in [5.74, 6) is 3.89. The Kier molecular flexibility index (Phi) is 36.8. The van der Waals surface area contributed by atoms with E-state index in [0.29, 0.717) is 49.7 Å². The predicted molar refractivity (Wildman–Crippen MR) is 346 cm³/mol. The molecule has 442 valence electrons. The minimum atomic E-state index is 0.355. The molecular formula is C73H140N2. The molecule has 1 aliphatic carbocycles. The third-order valence-electron chi connectivity index (χ3n) is 17.7. The maximum absolute atomic E-state index is 2.62. The third-order valence-corrected chi connectivity index (χ3v) is 17.7. The van der Waals surface area contributed by atoms with E-state index in [4.69, 9.17) is 0 Å². The summed E-state index contributed by atoms with van der Waals surface area (Å²) in [5, 5.41) is 0. The van der Waals surface area contributed by atoms with Crippen LogP contribution in [0, 0.1) is 55.7 Å².